The van der Waals surface area contributed by atoms with Gasteiger partial charge in [-0.25, -0.2) is 4.98 Å². The summed E-state index contributed by atoms with van der Waals surface area (Å²) in [5, 5.41) is 1.09. The van der Waals surface area contributed by atoms with Crippen LogP contribution in [0.2, 0.25) is 5.02 Å². The topological polar surface area (TPSA) is 90.2 Å². The van der Waals surface area contributed by atoms with Crippen molar-refractivity contribution in [1.29, 1.82) is 0 Å². The Kier molecular flexibility index (Phi) is 9.67. The van der Waals surface area contributed by atoms with E-state index in [-0.39, 0.29) is 23.6 Å². The molecule has 3 aromatic carbocycles. The van der Waals surface area contributed by atoms with Crippen LogP contribution >= 0.6 is 11.6 Å². The first-order valence-corrected chi connectivity index (χ1v) is 14.3. The van der Waals surface area contributed by atoms with Crippen LogP contribution in [0.25, 0.3) is 10.9 Å². The second kappa shape index (κ2) is 13.2. The normalized spacial score (nSPS) is 13.5. The van der Waals surface area contributed by atoms with Gasteiger partial charge in [-0.2, -0.15) is 0 Å². The van der Waals surface area contributed by atoms with Crippen molar-refractivity contribution in [1.82, 2.24) is 14.5 Å². The number of halogens is 1. The maximum absolute atomic E-state index is 14.1. The van der Waals surface area contributed by atoms with Crippen molar-refractivity contribution < 1.29 is 0 Å². The highest BCUT2D eigenvalue weighted by Crippen LogP contribution is 2.36. The molecule has 1 aromatic heterocycles. The highest BCUT2D eigenvalue weighted by molar-refractivity contribution is 6.31. The molecule has 0 aliphatic carbocycles. The third-order valence-corrected chi connectivity index (χ3v) is 7.57. The Labute approximate surface area is 242 Å². The fourth-order valence-electron chi connectivity index (χ4n) is 5.14. The molecule has 4 N–H and O–H groups in total. The van der Waals surface area contributed by atoms with Gasteiger partial charge in [0.25, 0.3) is 5.56 Å². The lowest BCUT2D eigenvalue weighted by Gasteiger charge is -2.39. The van der Waals surface area contributed by atoms with Gasteiger partial charge in [0.15, 0.2) is 0 Å². The van der Waals surface area contributed by atoms with Crippen LogP contribution in [0.4, 0.5) is 0 Å². The second-order valence-electron chi connectivity index (χ2n) is 10.8. The van der Waals surface area contributed by atoms with Gasteiger partial charge in [0, 0.05) is 16.9 Å². The number of hydrogen-bond acceptors (Lipinski definition) is 5. The Morgan fingerprint density at radius 1 is 1.05 bits per heavy atom. The second-order valence-corrected chi connectivity index (χ2v) is 11.3. The Morgan fingerprint density at radius 3 is 2.40 bits per heavy atom. The summed E-state index contributed by atoms with van der Waals surface area (Å²) in [5.74, 6) is 0.775. The van der Waals surface area contributed by atoms with Crippen LogP contribution in [-0.2, 0) is 6.54 Å². The predicted octanol–water partition coefficient (Wildman–Crippen LogP) is 6.71. The average Bonchev–Trinajstić information content (AvgIpc) is 2.93. The van der Waals surface area contributed by atoms with Gasteiger partial charge in [-0.15, -0.1) is 0 Å². The third kappa shape index (κ3) is 6.75. The molecule has 0 saturated heterocycles. The van der Waals surface area contributed by atoms with Crippen LogP contribution in [0.5, 0.6) is 0 Å². The fourth-order valence-corrected chi connectivity index (χ4v) is 5.31. The minimum atomic E-state index is -0.257. The molecule has 0 aliphatic rings. The van der Waals surface area contributed by atoms with E-state index in [1.807, 2.05) is 41.1 Å². The van der Waals surface area contributed by atoms with E-state index in [1.54, 1.807) is 18.2 Å². The molecule has 0 spiro atoms. The SMILES string of the molecule is Cc1ccc(C(C)N(/C=C(\N)CCCN)C(c2nc3cc(Cl)ccc3c(=O)n2Cc2ccccc2)C(C)C)cc1. The predicted molar refractivity (Wildman–Crippen MR) is 166 cm³/mol. The first-order valence-electron chi connectivity index (χ1n) is 13.9. The molecule has 2 atom stereocenters. The summed E-state index contributed by atoms with van der Waals surface area (Å²) in [6.07, 6.45) is 3.52. The van der Waals surface area contributed by atoms with Crippen LogP contribution in [0.3, 0.4) is 0 Å². The molecule has 1 heterocycles. The summed E-state index contributed by atoms with van der Waals surface area (Å²) in [4.78, 5) is 21.5. The molecular weight excluding hydrogens is 518 g/mol. The molecule has 7 heteroatoms. The standard InChI is InChI=1S/C33H40ClN5O/c1-22(2)31(38(21-28(36)11-8-18-35)24(4)26-14-12-23(3)13-15-26)32-37-30-19-27(34)16-17-29(30)33(40)39(32)20-25-9-6-5-7-10-25/h5-7,9-10,12-17,19,21-22,24,31H,8,11,18,20,35-36H2,1-4H3/b28-21-. The van der Waals surface area contributed by atoms with E-state index >= 15 is 0 Å². The van der Waals surface area contributed by atoms with Crippen LogP contribution in [0.15, 0.2) is 89.5 Å². The average molecular weight is 558 g/mol. The van der Waals surface area contributed by atoms with Gasteiger partial charge in [-0.1, -0.05) is 85.6 Å². The summed E-state index contributed by atoms with van der Waals surface area (Å²) < 4.78 is 1.81. The van der Waals surface area contributed by atoms with Crippen molar-refractivity contribution in [3.8, 4) is 0 Å². The number of aromatic nitrogens is 2. The molecule has 0 aliphatic heterocycles. The number of hydrogen-bond donors (Lipinski definition) is 2. The van der Waals surface area contributed by atoms with Crippen molar-refractivity contribution in [2.45, 2.75) is 59.2 Å². The summed E-state index contributed by atoms with van der Waals surface area (Å²) in [6.45, 7) is 9.54. The summed E-state index contributed by atoms with van der Waals surface area (Å²) in [6, 6.07) is 23.5. The van der Waals surface area contributed by atoms with Crippen LogP contribution in [0, 0.1) is 12.8 Å². The lowest BCUT2D eigenvalue weighted by atomic mass is 9.96. The van der Waals surface area contributed by atoms with Crippen molar-refractivity contribution >= 4 is 22.5 Å². The van der Waals surface area contributed by atoms with E-state index < -0.39 is 0 Å². The molecule has 0 fully saturated rings. The molecule has 40 heavy (non-hydrogen) atoms. The van der Waals surface area contributed by atoms with Crippen LogP contribution in [-0.4, -0.2) is 21.0 Å². The Morgan fingerprint density at radius 2 is 1.75 bits per heavy atom. The number of rotatable bonds is 11. The zero-order chi connectivity index (χ0) is 28.8. The minimum Gasteiger partial charge on any atom is -0.401 e. The molecule has 4 rings (SSSR count). The van der Waals surface area contributed by atoms with Gasteiger partial charge in [0.05, 0.1) is 29.5 Å². The highest BCUT2D eigenvalue weighted by Gasteiger charge is 2.31. The lowest BCUT2D eigenvalue weighted by Crippen LogP contribution is -2.37. The number of allylic oxidation sites excluding steroid dienone is 1. The van der Waals surface area contributed by atoms with Gasteiger partial charge in [0.2, 0.25) is 0 Å². The Hall–Kier alpha value is -3.61. The monoisotopic (exact) mass is 557 g/mol. The number of fused-ring (bicyclic) bond motifs is 1. The van der Waals surface area contributed by atoms with E-state index in [4.69, 9.17) is 28.1 Å². The smallest absolute Gasteiger partial charge is 0.261 e. The highest BCUT2D eigenvalue weighted by atomic mass is 35.5. The van der Waals surface area contributed by atoms with Crippen molar-refractivity contribution in [3.63, 3.8) is 0 Å². The largest absolute Gasteiger partial charge is 0.401 e. The number of nitrogens with zero attached hydrogens (tertiary/aromatic N) is 3. The number of aryl methyl sites for hydroxylation is 1. The quantitative estimate of drug-likeness (QED) is 0.214. The maximum atomic E-state index is 14.1. The van der Waals surface area contributed by atoms with Crippen molar-refractivity contribution in [3.05, 3.63) is 123 Å². The molecular formula is C33H40ClN5O. The summed E-state index contributed by atoms with van der Waals surface area (Å²) in [5.41, 5.74) is 17.0. The van der Waals surface area contributed by atoms with Gasteiger partial charge >= 0.3 is 0 Å². The first kappa shape index (κ1) is 29.4. The zero-order valence-corrected chi connectivity index (χ0v) is 24.6. The maximum Gasteiger partial charge on any atom is 0.261 e. The van der Waals surface area contributed by atoms with E-state index in [0.717, 1.165) is 23.2 Å². The third-order valence-electron chi connectivity index (χ3n) is 7.34. The Bertz CT molecular complexity index is 1510. The molecule has 0 saturated carbocycles. The van der Waals surface area contributed by atoms with Crippen LogP contribution in [0.1, 0.15) is 68.2 Å². The van der Waals surface area contributed by atoms with Gasteiger partial charge in [0.1, 0.15) is 5.82 Å². The summed E-state index contributed by atoms with van der Waals surface area (Å²) in [7, 11) is 0. The molecule has 0 radical (unpaired) electrons. The zero-order valence-electron chi connectivity index (χ0n) is 23.8. The van der Waals surface area contributed by atoms with E-state index in [9.17, 15) is 4.79 Å². The minimum absolute atomic E-state index is 0.0402. The fraction of sp³-hybridized carbons (Fsp3) is 0.333. The molecule has 0 amide bonds. The molecule has 0 bridgehead atoms. The molecule has 4 aromatic rings. The molecule has 210 valence electrons. The van der Waals surface area contributed by atoms with Gasteiger partial charge in [-0.3, -0.25) is 9.36 Å². The molecule has 6 nitrogen and oxygen atoms in total. The molecule has 2 unspecified atom stereocenters. The Balaban J connectivity index is 1.96. The van der Waals surface area contributed by atoms with Gasteiger partial charge in [-0.05, 0) is 68.5 Å². The van der Waals surface area contributed by atoms with Crippen LogP contribution < -0.4 is 17.0 Å². The number of benzene rings is 3. The van der Waals surface area contributed by atoms with E-state index in [2.05, 4.69) is 56.9 Å². The first-order chi connectivity index (χ1) is 19.2. The summed E-state index contributed by atoms with van der Waals surface area (Å²) >= 11 is 6.36. The van der Waals surface area contributed by atoms with Gasteiger partial charge < -0.3 is 16.4 Å². The van der Waals surface area contributed by atoms with Crippen molar-refractivity contribution in [2.24, 2.45) is 17.4 Å². The lowest BCUT2D eigenvalue weighted by molar-refractivity contribution is 0.158. The van der Waals surface area contributed by atoms with E-state index in [0.29, 0.717) is 41.3 Å². The van der Waals surface area contributed by atoms with Crippen molar-refractivity contribution in [2.75, 3.05) is 6.54 Å². The number of nitrogens with two attached hydrogens (primary N) is 2. The van der Waals surface area contributed by atoms with E-state index in [1.165, 1.54) is 5.56 Å².